The van der Waals surface area contributed by atoms with E-state index in [-0.39, 0.29) is 6.10 Å². The van der Waals surface area contributed by atoms with Crippen molar-refractivity contribution in [1.82, 2.24) is 0 Å². The minimum atomic E-state index is 0.158. The average Bonchev–Trinajstić information content (AvgIpc) is 2.29. The summed E-state index contributed by atoms with van der Waals surface area (Å²) in [6.07, 6.45) is 4.59. The number of rotatable bonds is 7. The van der Waals surface area contributed by atoms with Gasteiger partial charge in [-0.1, -0.05) is 56.5 Å². The predicted octanol–water partition coefficient (Wildman–Crippen LogP) is 5.00. The van der Waals surface area contributed by atoms with Crippen molar-refractivity contribution in [2.45, 2.75) is 45.6 Å². The third-order valence-electron chi connectivity index (χ3n) is 2.62. The van der Waals surface area contributed by atoms with Gasteiger partial charge in [-0.3, -0.25) is 0 Å². The predicted molar refractivity (Wildman–Crippen MR) is 70.0 cm³/mol. The second-order valence-electron chi connectivity index (χ2n) is 4.02. The van der Waals surface area contributed by atoms with Gasteiger partial charge in [0.15, 0.2) is 0 Å². The Bertz CT molecular complexity index is 299. The minimum Gasteiger partial charge on any atom is -0.373 e. The molecular formula is C14H21ClO. The Balaban J connectivity index is 2.65. The molecule has 1 aromatic rings. The van der Waals surface area contributed by atoms with Crippen LogP contribution in [-0.4, -0.2) is 6.61 Å². The summed E-state index contributed by atoms with van der Waals surface area (Å²) in [5, 5.41) is 0.817. The largest absolute Gasteiger partial charge is 0.373 e. The van der Waals surface area contributed by atoms with E-state index in [2.05, 4.69) is 19.9 Å². The molecule has 1 unspecified atom stereocenters. The zero-order valence-electron chi connectivity index (χ0n) is 10.2. The average molecular weight is 241 g/mol. The molecule has 1 atom stereocenters. The van der Waals surface area contributed by atoms with E-state index in [1.807, 2.05) is 18.2 Å². The molecule has 0 aromatic heterocycles. The van der Waals surface area contributed by atoms with Gasteiger partial charge in [-0.2, -0.15) is 0 Å². The lowest BCUT2D eigenvalue weighted by molar-refractivity contribution is 0.0443. The van der Waals surface area contributed by atoms with Crippen molar-refractivity contribution < 1.29 is 4.74 Å². The van der Waals surface area contributed by atoms with Crippen LogP contribution in [0.3, 0.4) is 0 Å². The molecule has 0 amide bonds. The van der Waals surface area contributed by atoms with Gasteiger partial charge in [0, 0.05) is 11.6 Å². The Labute approximate surface area is 104 Å². The summed E-state index contributed by atoms with van der Waals surface area (Å²) >= 11 is 6.19. The van der Waals surface area contributed by atoms with Crippen LogP contribution in [0.25, 0.3) is 0 Å². The van der Waals surface area contributed by atoms with Crippen LogP contribution in [0.5, 0.6) is 0 Å². The van der Waals surface area contributed by atoms with E-state index in [4.69, 9.17) is 16.3 Å². The topological polar surface area (TPSA) is 9.23 Å². The Kier molecular flexibility index (Phi) is 6.51. The molecule has 0 aliphatic carbocycles. The zero-order chi connectivity index (χ0) is 11.8. The van der Waals surface area contributed by atoms with Crippen molar-refractivity contribution in [1.29, 1.82) is 0 Å². The van der Waals surface area contributed by atoms with Crippen LogP contribution in [0.4, 0.5) is 0 Å². The highest BCUT2D eigenvalue weighted by Crippen LogP contribution is 2.29. The van der Waals surface area contributed by atoms with Crippen molar-refractivity contribution in [3.8, 4) is 0 Å². The maximum atomic E-state index is 6.19. The lowest BCUT2D eigenvalue weighted by Gasteiger charge is -2.18. The molecule has 0 spiro atoms. The Morgan fingerprint density at radius 1 is 1.19 bits per heavy atom. The first kappa shape index (κ1) is 13.5. The van der Waals surface area contributed by atoms with Crippen LogP contribution < -0.4 is 0 Å². The normalized spacial score (nSPS) is 12.7. The lowest BCUT2D eigenvalue weighted by atomic mass is 10.1. The van der Waals surface area contributed by atoms with Gasteiger partial charge in [0.2, 0.25) is 0 Å². The highest BCUT2D eigenvalue weighted by molar-refractivity contribution is 6.31. The monoisotopic (exact) mass is 240 g/mol. The van der Waals surface area contributed by atoms with Gasteiger partial charge in [0.25, 0.3) is 0 Å². The lowest BCUT2D eigenvalue weighted by Crippen LogP contribution is -2.06. The van der Waals surface area contributed by atoms with Crippen LogP contribution in [0.15, 0.2) is 24.3 Å². The van der Waals surface area contributed by atoms with Crippen molar-refractivity contribution in [2.24, 2.45) is 0 Å². The smallest absolute Gasteiger partial charge is 0.0839 e. The molecule has 0 aliphatic rings. The van der Waals surface area contributed by atoms with Crippen molar-refractivity contribution in [3.05, 3.63) is 34.9 Å². The highest BCUT2D eigenvalue weighted by Gasteiger charge is 2.13. The molecule has 1 nitrogen and oxygen atoms in total. The fraction of sp³-hybridized carbons (Fsp3) is 0.571. The van der Waals surface area contributed by atoms with Crippen LogP contribution in [0, 0.1) is 0 Å². The zero-order valence-corrected chi connectivity index (χ0v) is 11.0. The minimum absolute atomic E-state index is 0.158. The molecule has 1 aromatic carbocycles. The quantitative estimate of drug-likeness (QED) is 0.610. The molecule has 0 fully saturated rings. The molecule has 0 heterocycles. The van der Waals surface area contributed by atoms with Crippen LogP contribution in [0.2, 0.25) is 5.02 Å². The molecule has 90 valence electrons. The van der Waals surface area contributed by atoms with Gasteiger partial charge < -0.3 is 4.74 Å². The summed E-state index contributed by atoms with van der Waals surface area (Å²) in [4.78, 5) is 0. The van der Waals surface area contributed by atoms with Crippen molar-refractivity contribution >= 4 is 11.6 Å². The van der Waals surface area contributed by atoms with E-state index in [9.17, 15) is 0 Å². The Hall–Kier alpha value is -0.530. The summed E-state index contributed by atoms with van der Waals surface area (Å²) in [7, 11) is 0. The molecule has 0 aliphatic heterocycles. The molecule has 0 N–H and O–H groups in total. The summed E-state index contributed by atoms with van der Waals surface area (Å²) in [5.74, 6) is 0. The van der Waals surface area contributed by atoms with Crippen molar-refractivity contribution in [3.63, 3.8) is 0 Å². The molecule has 0 radical (unpaired) electrons. The summed E-state index contributed by atoms with van der Waals surface area (Å²) < 4.78 is 5.91. The van der Waals surface area contributed by atoms with Crippen LogP contribution in [-0.2, 0) is 4.74 Å². The number of benzene rings is 1. The van der Waals surface area contributed by atoms with E-state index in [0.717, 1.165) is 36.5 Å². The molecule has 2 heteroatoms. The van der Waals surface area contributed by atoms with Gasteiger partial charge in [-0.15, -0.1) is 0 Å². The fourth-order valence-electron chi connectivity index (χ4n) is 1.70. The number of unbranched alkanes of at least 4 members (excludes halogenated alkanes) is 1. The number of ether oxygens (including phenoxy) is 1. The molecular weight excluding hydrogens is 220 g/mol. The Morgan fingerprint density at radius 2 is 1.94 bits per heavy atom. The first-order valence-electron chi connectivity index (χ1n) is 6.15. The first-order chi connectivity index (χ1) is 7.79. The fourth-order valence-corrected chi connectivity index (χ4v) is 1.95. The Morgan fingerprint density at radius 3 is 2.56 bits per heavy atom. The number of halogens is 1. The first-order valence-corrected chi connectivity index (χ1v) is 6.53. The van der Waals surface area contributed by atoms with Gasteiger partial charge in [-0.05, 0) is 24.5 Å². The maximum Gasteiger partial charge on any atom is 0.0839 e. The third-order valence-corrected chi connectivity index (χ3v) is 2.96. The van der Waals surface area contributed by atoms with E-state index in [1.165, 1.54) is 6.42 Å². The van der Waals surface area contributed by atoms with Gasteiger partial charge >= 0.3 is 0 Å². The molecule has 0 saturated heterocycles. The molecule has 1 rings (SSSR count). The summed E-state index contributed by atoms with van der Waals surface area (Å²) in [5.41, 5.74) is 1.13. The third kappa shape index (κ3) is 4.15. The standard InChI is InChI=1S/C14H21ClO/c1-3-5-11-16-14(8-4-2)12-9-6-7-10-13(12)15/h6-7,9-10,14H,3-5,8,11H2,1-2H3. The van der Waals surface area contributed by atoms with Crippen LogP contribution >= 0.6 is 11.6 Å². The van der Waals surface area contributed by atoms with E-state index >= 15 is 0 Å². The van der Waals surface area contributed by atoms with Gasteiger partial charge in [-0.25, -0.2) is 0 Å². The second kappa shape index (κ2) is 7.70. The molecule has 0 bridgehead atoms. The van der Waals surface area contributed by atoms with Crippen molar-refractivity contribution in [2.75, 3.05) is 6.61 Å². The number of hydrogen-bond acceptors (Lipinski definition) is 1. The van der Waals surface area contributed by atoms with Gasteiger partial charge in [0.05, 0.1) is 6.10 Å². The highest BCUT2D eigenvalue weighted by atomic mass is 35.5. The molecule has 0 saturated carbocycles. The SMILES string of the molecule is CCCCOC(CCC)c1ccccc1Cl. The van der Waals surface area contributed by atoms with Gasteiger partial charge in [0.1, 0.15) is 0 Å². The second-order valence-corrected chi connectivity index (χ2v) is 4.43. The number of hydrogen-bond donors (Lipinski definition) is 0. The maximum absolute atomic E-state index is 6.19. The van der Waals surface area contributed by atoms with Crippen LogP contribution in [0.1, 0.15) is 51.2 Å². The summed E-state index contributed by atoms with van der Waals surface area (Å²) in [6.45, 7) is 5.17. The van der Waals surface area contributed by atoms with E-state index in [0.29, 0.717) is 0 Å². The van der Waals surface area contributed by atoms with E-state index in [1.54, 1.807) is 0 Å². The summed E-state index contributed by atoms with van der Waals surface area (Å²) in [6, 6.07) is 7.98. The molecule has 16 heavy (non-hydrogen) atoms. The van der Waals surface area contributed by atoms with E-state index < -0.39 is 0 Å².